The van der Waals surface area contributed by atoms with Crippen molar-refractivity contribution < 1.29 is 67.2 Å². The van der Waals surface area contributed by atoms with Gasteiger partial charge in [0.2, 0.25) is 0 Å². The summed E-state index contributed by atoms with van der Waals surface area (Å²) in [5, 5.41) is 0. The molecule has 7 heteroatoms. The molecule has 0 nitrogen and oxygen atoms in total. The Morgan fingerprint density at radius 3 is 0.571 bits per heavy atom. The van der Waals surface area contributed by atoms with Crippen molar-refractivity contribution in [1.29, 1.82) is 0 Å². The summed E-state index contributed by atoms with van der Waals surface area (Å²) in [6.45, 7) is 0. The summed E-state index contributed by atoms with van der Waals surface area (Å²) < 4.78 is 0. The van der Waals surface area contributed by atoms with Crippen molar-refractivity contribution >= 4 is 10.1 Å². The molecule has 0 aliphatic rings. The van der Waals surface area contributed by atoms with Crippen molar-refractivity contribution in [3.8, 4) is 0 Å². The van der Waals surface area contributed by atoms with Crippen LogP contribution in [-0.2, 0) is 0 Å². The monoisotopic (exact) mass is 115 g/mol. The molecule has 0 N–H and O–H groups in total. The van der Waals surface area contributed by atoms with E-state index >= 15 is 0 Å². The maximum absolute atomic E-state index is 0. The molecule has 0 aromatic rings. The molecule has 0 radical (unpaired) electrons. The zero-order valence-corrected chi connectivity index (χ0v) is 6.22. The minimum Gasteiger partial charge on any atom is -1.00 e. The Bertz CT molecular complexity index is 11.7. The molecule has 0 heterocycles. The Kier molecular flexibility index (Phi) is 4390. The van der Waals surface area contributed by atoms with Gasteiger partial charge in [-0.05, 0) is 0 Å². The smallest absolute Gasteiger partial charge is 1.00 e. The molecular weight excluding hydrogens is 115 g/mol. The Morgan fingerprint density at radius 1 is 0.571 bits per heavy atom. The Balaban J connectivity index is 0. The molecule has 0 aliphatic heterocycles. The van der Waals surface area contributed by atoms with Crippen LogP contribution in [0.4, 0.5) is 0 Å². The molecule has 0 rings (SSSR count). The fraction of sp³-hybridized carbons (Fsp3) is 0. The Morgan fingerprint density at radius 2 is 0.571 bits per heavy atom. The van der Waals surface area contributed by atoms with Crippen molar-refractivity contribution in [2.75, 3.05) is 0 Å². The minimum atomic E-state index is 0. The van der Waals surface area contributed by atoms with Crippen LogP contribution in [0.2, 0.25) is 0 Å². The summed E-state index contributed by atoms with van der Waals surface area (Å²) in [5.41, 5.74) is 0. The first-order valence-corrected chi connectivity index (χ1v) is 0. The van der Waals surface area contributed by atoms with Crippen LogP contribution in [0.5, 0.6) is 0 Å². The van der Waals surface area contributed by atoms with E-state index in [4.69, 9.17) is 0 Å². The molecule has 32 valence electrons. The van der Waals surface area contributed by atoms with Gasteiger partial charge >= 0.3 is 58.5 Å². The van der Waals surface area contributed by atoms with Crippen molar-refractivity contribution in [2.45, 2.75) is 0 Å². The van der Waals surface area contributed by atoms with Gasteiger partial charge in [-0.25, -0.2) is 0 Å². The zero-order chi connectivity index (χ0) is 0. The van der Waals surface area contributed by atoms with E-state index in [-0.39, 0.29) is 77.4 Å². The van der Waals surface area contributed by atoms with Gasteiger partial charge in [0.15, 0.2) is 0 Å². The third-order valence-corrected chi connectivity index (χ3v) is 0. The molecule has 0 amide bonds. The molecule has 0 atom stereocenters. The van der Waals surface area contributed by atoms with Gasteiger partial charge in [-0.2, -0.15) is 0 Å². The van der Waals surface area contributed by atoms with Crippen LogP contribution in [-0.4, -0.2) is 10.1 Å². The van der Waals surface area contributed by atoms with Crippen LogP contribution in [0.3, 0.4) is 0 Å². The maximum atomic E-state index is 0. The maximum Gasteiger partial charge on any atom is 2.00 e. The second-order valence-electron chi connectivity index (χ2n) is 0. The predicted molar refractivity (Wildman–Crippen MR) is 5.75 cm³/mol. The standard InChI is InChI=1S/Be.4FH.Li.Na/h;4*1H;;/q+2;;;;;2*+1/p-4. The van der Waals surface area contributed by atoms with Crippen molar-refractivity contribution in [3.63, 3.8) is 0 Å². The van der Waals surface area contributed by atoms with Gasteiger partial charge in [-0.1, -0.05) is 0 Å². The molecule has 0 aromatic heterocycles. The third kappa shape index (κ3) is 102. The molecule has 7 heavy (non-hydrogen) atoms. The summed E-state index contributed by atoms with van der Waals surface area (Å²) in [6.07, 6.45) is 0. The molecular formula is BeF4LiNa. The van der Waals surface area contributed by atoms with Gasteiger partial charge in [-0.3, -0.25) is 0 Å². The fourth-order valence-corrected chi connectivity index (χ4v) is 0. The van der Waals surface area contributed by atoms with Gasteiger partial charge in [0.1, 0.15) is 0 Å². The molecule has 0 unspecified atom stereocenters. The second kappa shape index (κ2) is 143. The second-order valence-corrected chi connectivity index (χ2v) is 0. The summed E-state index contributed by atoms with van der Waals surface area (Å²) >= 11 is 0. The van der Waals surface area contributed by atoms with E-state index in [1.165, 1.54) is 0 Å². The molecule has 0 spiro atoms. The number of rotatable bonds is 0. The van der Waals surface area contributed by atoms with Crippen LogP contribution in [0, 0.1) is 0 Å². The average Bonchev–Trinajstić information content (AvgIpc) is 0. The van der Waals surface area contributed by atoms with Crippen LogP contribution in [0.1, 0.15) is 0 Å². The zero-order valence-electron chi connectivity index (χ0n) is 4.22. The van der Waals surface area contributed by atoms with E-state index in [0.717, 1.165) is 0 Å². The van der Waals surface area contributed by atoms with Crippen LogP contribution in [0.25, 0.3) is 0 Å². The molecule has 0 aromatic carbocycles. The summed E-state index contributed by atoms with van der Waals surface area (Å²) in [7, 11) is 0. The summed E-state index contributed by atoms with van der Waals surface area (Å²) in [5.74, 6) is 0. The van der Waals surface area contributed by atoms with Gasteiger partial charge in [-0.15, -0.1) is 0 Å². The van der Waals surface area contributed by atoms with Gasteiger partial charge in [0.05, 0.1) is 0 Å². The largest absolute Gasteiger partial charge is 2.00 e. The SMILES string of the molecule is [Be+2].[F-].[F-].[F-].[F-].[Li+].[Na+]. The normalized spacial score (nSPS) is 0. The van der Waals surface area contributed by atoms with Crippen molar-refractivity contribution in [2.24, 2.45) is 0 Å². The quantitative estimate of drug-likeness (QED) is 0.217. The molecule has 0 fully saturated rings. The molecule has 0 saturated carbocycles. The first-order valence-electron chi connectivity index (χ1n) is 0. The summed E-state index contributed by atoms with van der Waals surface area (Å²) in [6, 6.07) is 0. The van der Waals surface area contributed by atoms with E-state index < -0.39 is 0 Å². The third-order valence-electron chi connectivity index (χ3n) is 0. The first kappa shape index (κ1) is 215. The predicted octanol–water partition coefficient (Wildman–Crippen LogP) is -18.4. The first-order chi connectivity index (χ1) is 0. The van der Waals surface area contributed by atoms with Crippen LogP contribution < -0.4 is 67.2 Å². The van der Waals surface area contributed by atoms with Gasteiger partial charge in [0, 0.05) is 0 Å². The molecule has 0 bridgehead atoms. The van der Waals surface area contributed by atoms with Gasteiger partial charge < -0.3 is 18.8 Å². The van der Waals surface area contributed by atoms with E-state index in [9.17, 15) is 0 Å². The fourth-order valence-electron chi connectivity index (χ4n) is 0. The summed E-state index contributed by atoms with van der Waals surface area (Å²) in [4.78, 5) is 0. The van der Waals surface area contributed by atoms with E-state index in [0.29, 0.717) is 0 Å². The van der Waals surface area contributed by atoms with E-state index in [2.05, 4.69) is 0 Å². The van der Waals surface area contributed by atoms with Crippen LogP contribution in [0.15, 0.2) is 0 Å². The van der Waals surface area contributed by atoms with E-state index in [1.54, 1.807) is 0 Å². The Labute approximate surface area is 77.0 Å². The minimum absolute atomic E-state index is 0. The van der Waals surface area contributed by atoms with Gasteiger partial charge in [0.25, 0.3) is 0 Å². The number of hydrogen-bond acceptors (Lipinski definition) is 0. The topological polar surface area (TPSA) is 0 Å². The molecule has 0 aliphatic carbocycles. The Hall–Kier alpha value is 1.49. The van der Waals surface area contributed by atoms with Crippen molar-refractivity contribution in [1.82, 2.24) is 0 Å². The van der Waals surface area contributed by atoms with E-state index in [1.807, 2.05) is 0 Å². The number of hydrogen-bond donors (Lipinski definition) is 0. The molecule has 0 saturated heterocycles. The average molecular weight is 115 g/mol. The van der Waals surface area contributed by atoms with Crippen molar-refractivity contribution in [3.05, 3.63) is 0 Å². The van der Waals surface area contributed by atoms with Crippen LogP contribution >= 0.6 is 0 Å². The number of halogens is 4.